The van der Waals surface area contributed by atoms with Gasteiger partial charge in [0.1, 0.15) is 17.4 Å². The third-order valence-corrected chi connectivity index (χ3v) is 12.8. The number of imide groups is 1. The van der Waals surface area contributed by atoms with Gasteiger partial charge in [-0.2, -0.15) is 10.2 Å². The summed E-state index contributed by atoms with van der Waals surface area (Å²) in [5.74, 6) is 0.948. The Labute approximate surface area is 335 Å². The van der Waals surface area contributed by atoms with Gasteiger partial charge >= 0.3 is 5.69 Å². The predicted molar refractivity (Wildman–Crippen MR) is 219 cm³/mol. The lowest BCUT2D eigenvalue weighted by Crippen LogP contribution is -2.44. The summed E-state index contributed by atoms with van der Waals surface area (Å²) in [6.07, 6.45) is 17.6. The quantitative estimate of drug-likeness (QED) is 0.163. The summed E-state index contributed by atoms with van der Waals surface area (Å²) in [7, 11) is 3.37. The molecule has 2 saturated heterocycles. The van der Waals surface area contributed by atoms with Crippen molar-refractivity contribution < 1.29 is 19.1 Å². The fraction of sp³-hybridized carbons (Fsp3) is 0.465. The molecule has 3 aliphatic rings. The zero-order chi connectivity index (χ0) is 39.9. The molecule has 1 atom stereocenters. The van der Waals surface area contributed by atoms with E-state index in [0.29, 0.717) is 46.9 Å². The smallest absolute Gasteiger partial charge is 0.329 e. The predicted octanol–water partition coefficient (Wildman–Crippen LogP) is 5.44. The third-order valence-electron chi connectivity index (χ3n) is 12.8. The summed E-state index contributed by atoms with van der Waals surface area (Å²) in [5, 5.41) is 15.5. The number of hydrogen-bond acceptors (Lipinski definition) is 9. The van der Waals surface area contributed by atoms with Crippen molar-refractivity contribution in [3.63, 3.8) is 0 Å². The molecule has 58 heavy (non-hydrogen) atoms. The Morgan fingerprint density at radius 3 is 2.62 bits per heavy atom. The number of nitrogens with one attached hydrogen (secondary N) is 2. The second-order valence-electron chi connectivity index (χ2n) is 16.4. The van der Waals surface area contributed by atoms with Crippen molar-refractivity contribution in [2.75, 3.05) is 32.1 Å². The molecule has 1 aliphatic carbocycles. The molecule has 0 spiro atoms. The lowest BCUT2D eigenvalue weighted by Gasteiger charge is -2.36. The first kappa shape index (κ1) is 37.7. The van der Waals surface area contributed by atoms with Crippen molar-refractivity contribution >= 4 is 51.0 Å². The molecule has 3 fully saturated rings. The Morgan fingerprint density at radius 2 is 1.83 bits per heavy atom. The Hall–Kier alpha value is -5.83. The number of rotatable bonds is 11. The van der Waals surface area contributed by atoms with E-state index in [-0.39, 0.29) is 23.9 Å². The first-order chi connectivity index (χ1) is 28.2. The van der Waals surface area contributed by atoms with E-state index in [1.807, 2.05) is 24.3 Å². The molecular weight excluding hydrogens is 737 g/mol. The van der Waals surface area contributed by atoms with Gasteiger partial charge in [-0.05, 0) is 106 Å². The number of aromatic nitrogens is 7. The monoisotopic (exact) mass is 786 g/mol. The number of likely N-dealkylation sites (tertiary alicyclic amines) is 1. The number of para-hydroxylation sites is 1. The number of fused-ring (bicyclic) bond motifs is 3. The van der Waals surface area contributed by atoms with E-state index in [0.717, 1.165) is 79.2 Å². The summed E-state index contributed by atoms with van der Waals surface area (Å²) in [6, 6.07) is 11.2. The van der Waals surface area contributed by atoms with Crippen LogP contribution >= 0.6 is 0 Å². The largest absolute Gasteiger partial charge is 0.494 e. The fourth-order valence-electron chi connectivity index (χ4n) is 9.65. The summed E-state index contributed by atoms with van der Waals surface area (Å²) in [6.45, 7) is 3.44. The van der Waals surface area contributed by atoms with Crippen molar-refractivity contribution in [3.8, 4) is 5.75 Å². The second kappa shape index (κ2) is 15.8. The van der Waals surface area contributed by atoms with Crippen LogP contribution in [0.4, 0.5) is 5.69 Å². The molecule has 6 aromatic rings. The van der Waals surface area contributed by atoms with E-state index in [9.17, 15) is 19.2 Å². The highest BCUT2D eigenvalue weighted by Crippen LogP contribution is 2.36. The van der Waals surface area contributed by atoms with Crippen LogP contribution in [-0.4, -0.2) is 82.9 Å². The van der Waals surface area contributed by atoms with Crippen LogP contribution < -0.4 is 21.1 Å². The van der Waals surface area contributed by atoms with Gasteiger partial charge in [0, 0.05) is 50.1 Å². The minimum Gasteiger partial charge on any atom is -0.494 e. The normalized spacial score (nSPS) is 20.9. The first-order valence-electron chi connectivity index (χ1n) is 20.7. The molecular formula is C43H50N10O5. The van der Waals surface area contributed by atoms with Gasteiger partial charge in [0.25, 0.3) is 5.91 Å². The number of benzene rings is 2. The van der Waals surface area contributed by atoms with Gasteiger partial charge in [-0.15, -0.1) is 0 Å². The second-order valence-corrected chi connectivity index (χ2v) is 16.4. The number of piperidine rings is 2. The molecule has 2 N–H and O–H groups in total. The SMILES string of the molecule is COc1cc2nn([C@H]3CC[C@H](CN4CCC(CCCc5cccc6c5n(C)c(=O)n6C5CCC(=O)NC5=O)CC4)CC3)cc2cc1NC(=O)c1cnn2cccnc12. The molecule has 0 radical (unpaired) electrons. The summed E-state index contributed by atoms with van der Waals surface area (Å²) < 4.78 is 12.6. The molecule has 302 valence electrons. The molecule has 2 aromatic carbocycles. The zero-order valence-corrected chi connectivity index (χ0v) is 33.1. The van der Waals surface area contributed by atoms with Crippen molar-refractivity contribution in [2.45, 2.75) is 82.7 Å². The highest BCUT2D eigenvalue weighted by molar-refractivity contribution is 6.09. The Kier molecular flexibility index (Phi) is 10.3. The number of imidazole rings is 1. The molecule has 1 unspecified atom stereocenters. The van der Waals surface area contributed by atoms with Gasteiger partial charge in [0.2, 0.25) is 11.8 Å². The molecule has 9 rings (SSSR count). The molecule has 1 saturated carbocycles. The highest BCUT2D eigenvalue weighted by Gasteiger charge is 2.32. The van der Waals surface area contributed by atoms with E-state index in [1.165, 1.54) is 31.9 Å². The van der Waals surface area contributed by atoms with E-state index < -0.39 is 11.9 Å². The number of carbonyl (C=O) groups excluding carboxylic acids is 3. The molecule has 4 aromatic heterocycles. The lowest BCUT2D eigenvalue weighted by atomic mass is 9.84. The van der Waals surface area contributed by atoms with Crippen LogP contribution in [0.15, 0.2) is 66.0 Å². The Bertz CT molecular complexity index is 2570. The first-order valence-corrected chi connectivity index (χ1v) is 20.7. The minimum absolute atomic E-state index is 0.217. The topological polar surface area (TPSA) is 163 Å². The average molecular weight is 787 g/mol. The van der Waals surface area contributed by atoms with Crippen molar-refractivity contribution in [1.82, 2.24) is 43.7 Å². The number of carbonyl (C=O) groups is 3. The van der Waals surface area contributed by atoms with Crippen LogP contribution in [0.5, 0.6) is 5.75 Å². The van der Waals surface area contributed by atoms with Gasteiger partial charge in [0.15, 0.2) is 5.65 Å². The number of methoxy groups -OCH3 is 1. The molecule has 0 bridgehead atoms. The maximum atomic E-state index is 13.3. The number of ether oxygens (including phenoxy) is 1. The van der Waals surface area contributed by atoms with E-state index in [1.54, 1.807) is 46.3 Å². The summed E-state index contributed by atoms with van der Waals surface area (Å²) in [4.78, 5) is 57.9. The van der Waals surface area contributed by atoms with Crippen LogP contribution in [-0.2, 0) is 23.1 Å². The highest BCUT2D eigenvalue weighted by atomic mass is 16.5. The third kappa shape index (κ3) is 7.27. The molecule has 15 heteroatoms. The fourth-order valence-corrected chi connectivity index (χ4v) is 9.65. The average Bonchev–Trinajstić information content (AvgIpc) is 3.93. The van der Waals surface area contributed by atoms with Gasteiger partial charge < -0.3 is 15.0 Å². The van der Waals surface area contributed by atoms with Crippen LogP contribution in [0, 0.1) is 11.8 Å². The maximum Gasteiger partial charge on any atom is 0.329 e. The van der Waals surface area contributed by atoms with E-state index >= 15 is 0 Å². The number of nitrogens with zero attached hydrogens (tertiary/aromatic N) is 8. The van der Waals surface area contributed by atoms with Crippen molar-refractivity contribution in [2.24, 2.45) is 18.9 Å². The van der Waals surface area contributed by atoms with Gasteiger partial charge in [-0.25, -0.2) is 14.3 Å². The number of anilines is 1. The molecule has 2 aliphatic heterocycles. The Morgan fingerprint density at radius 1 is 1.00 bits per heavy atom. The van der Waals surface area contributed by atoms with Gasteiger partial charge in [0.05, 0.1) is 41.6 Å². The van der Waals surface area contributed by atoms with Crippen molar-refractivity contribution in [1.29, 1.82) is 0 Å². The van der Waals surface area contributed by atoms with E-state index in [4.69, 9.17) is 9.84 Å². The number of amides is 3. The molecule has 6 heterocycles. The van der Waals surface area contributed by atoms with Crippen LogP contribution in [0.1, 0.15) is 92.2 Å². The van der Waals surface area contributed by atoms with E-state index in [2.05, 4.69) is 42.6 Å². The summed E-state index contributed by atoms with van der Waals surface area (Å²) in [5.41, 5.74) is 4.85. The number of hydrogen-bond donors (Lipinski definition) is 2. The minimum atomic E-state index is -0.668. The standard InChI is InChI=1S/C43H50N10O5/c1-49-39-29(8-4-9-35(39)53(43(49)57)36-14-15-38(54)47-42(36)56)7-3-6-27-16-20-50(21-17-27)25-28-10-12-31(13-11-28)52-26-30-22-34(37(58-2)23-33(30)48-52)46-41(55)32-24-45-51-19-5-18-44-40(32)51/h4-5,8-9,18-19,22-24,26-28,31,36H,3,6-7,10-17,20-21,25H2,1-2H3,(H,46,55)(H,47,54,56)/t28-,31-,36?. The maximum absolute atomic E-state index is 13.3. The molecule has 15 nitrogen and oxygen atoms in total. The number of aryl methyl sites for hydroxylation is 2. The van der Waals surface area contributed by atoms with Gasteiger partial charge in [-0.3, -0.25) is 33.5 Å². The lowest BCUT2D eigenvalue weighted by molar-refractivity contribution is -0.135. The Balaban J connectivity index is 0.749. The van der Waals surface area contributed by atoms with Crippen LogP contribution in [0.3, 0.4) is 0 Å². The van der Waals surface area contributed by atoms with Crippen LogP contribution in [0.2, 0.25) is 0 Å². The molecule has 3 amide bonds. The van der Waals surface area contributed by atoms with Crippen molar-refractivity contribution in [3.05, 3.63) is 82.8 Å². The van der Waals surface area contributed by atoms with Crippen LogP contribution in [0.25, 0.3) is 27.6 Å². The van der Waals surface area contributed by atoms with Gasteiger partial charge in [-0.1, -0.05) is 18.6 Å². The summed E-state index contributed by atoms with van der Waals surface area (Å²) >= 11 is 0. The zero-order valence-electron chi connectivity index (χ0n) is 33.1.